The number of ether oxygens (including phenoxy) is 1. The number of nitrogens with zero attached hydrogens (tertiary/aromatic N) is 2. The van der Waals surface area contributed by atoms with Crippen molar-refractivity contribution in [1.82, 2.24) is 4.90 Å². The molecular formula is C15H20N2O2. The molecule has 4 nitrogen and oxygen atoms in total. The van der Waals surface area contributed by atoms with Gasteiger partial charge in [-0.05, 0) is 31.5 Å². The van der Waals surface area contributed by atoms with Crippen LogP contribution >= 0.6 is 0 Å². The van der Waals surface area contributed by atoms with Crippen LogP contribution in [0.1, 0.15) is 31.1 Å². The van der Waals surface area contributed by atoms with E-state index in [9.17, 15) is 5.11 Å². The summed E-state index contributed by atoms with van der Waals surface area (Å²) in [5, 5.41) is 19.0. The minimum atomic E-state index is -0.523. The first-order valence-corrected chi connectivity index (χ1v) is 6.64. The Kier molecular flexibility index (Phi) is 4.54. The molecule has 0 bridgehead atoms. The van der Waals surface area contributed by atoms with Crippen molar-refractivity contribution < 1.29 is 9.84 Å². The van der Waals surface area contributed by atoms with Gasteiger partial charge in [-0.15, -0.1) is 0 Å². The summed E-state index contributed by atoms with van der Waals surface area (Å²) in [4.78, 5) is 2.22. The third-order valence-corrected chi connectivity index (χ3v) is 3.35. The van der Waals surface area contributed by atoms with E-state index in [0.29, 0.717) is 12.1 Å². The Labute approximate surface area is 114 Å². The van der Waals surface area contributed by atoms with Gasteiger partial charge in [0.25, 0.3) is 0 Å². The van der Waals surface area contributed by atoms with Crippen LogP contribution in [0.5, 0.6) is 0 Å². The Morgan fingerprint density at radius 3 is 2.42 bits per heavy atom. The summed E-state index contributed by atoms with van der Waals surface area (Å²) < 4.78 is 5.67. The lowest BCUT2D eigenvalue weighted by Gasteiger charge is -2.36. The second kappa shape index (κ2) is 6.16. The van der Waals surface area contributed by atoms with E-state index >= 15 is 0 Å². The fourth-order valence-corrected chi connectivity index (χ4v) is 2.56. The molecule has 102 valence electrons. The monoisotopic (exact) mass is 260 g/mol. The van der Waals surface area contributed by atoms with E-state index in [4.69, 9.17) is 10.00 Å². The van der Waals surface area contributed by atoms with E-state index in [1.165, 1.54) is 0 Å². The van der Waals surface area contributed by atoms with Crippen LogP contribution in [0.3, 0.4) is 0 Å². The lowest BCUT2D eigenvalue weighted by Crippen LogP contribution is -2.46. The van der Waals surface area contributed by atoms with E-state index < -0.39 is 6.10 Å². The Bertz CT molecular complexity index is 442. The summed E-state index contributed by atoms with van der Waals surface area (Å²) >= 11 is 0. The van der Waals surface area contributed by atoms with Gasteiger partial charge in [0, 0.05) is 19.6 Å². The van der Waals surface area contributed by atoms with Gasteiger partial charge in [0.1, 0.15) is 0 Å². The van der Waals surface area contributed by atoms with Gasteiger partial charge in [-0.25, -0.2) is 0 Å². The highest BCUT2D eigenvalue weighted by atomic mass is 16.5. The summed E-state index contributed by atoms with van der Waals surface area (Å²) in [5.74, 6) is 0. The van der Waals surface area contributed by atoms with Crippen molar-refractivity contribution in [2.24, 2.45) is 0 Å². The average molecular weight is 260 g/mol. The largest absolute Gasteiger partial charge is 0.387 e. The van der Waals surface area contributed by atoms with Gasteiger partial charge >= 0.3 is 0 Å². The maximum absolute atomic E-state index is 10.2. The molecule has 0 aromatic heterocycles. The fourth-order valence-electron chi connectivity index (χ4n) is 2.56. The fraction of sp³-hybridized carbons (Fsp3) is 0.533. The molecule has 1 unspecified atom stereocenters. The van der Waals surface area contributed by atoms with Gasteiger partial charge in [-0.1, -0.05) is 12.1 Å². The van der Waals surface area contributed by atoms with E-state index in [0.717, 1.165) is 18.7 Å². The van der Waals surface area contributed by atoms with Crippen molar-refractivity contribution >= 4 is 0 Å². The molecule has 2 rings (SSSR count). The predicted molar refractivity (Wildman–Crippen MR) is 72.6 cm³/mol. The molecule has 1 saturated heterocycles. The zero-order valence-corrected chi connectivity index (χ0v) is 11.4. The summed E-state index contributed by atoms with van der Waals surface area (Å²) in [7, 11) is 0. The number of hydrogen-bond acceptors (Lipinski definition) is 4. The molecule has 1 fully saturated rings. The molecule has 4 heteroatoms. The van der Waals surface area contributed by atoms with Crippen molar-refractivity contribution in [1.29, 1.82) is 5.26 Å². The van der Waals surface area contributed by atoms with E-state index in [2.05, 4.69) is 24.8 Å². The first-order valence-electron chi connectivity index (χ1n) is 6.64. The van der Waals surface area contributed by atoms with Crippen molar-refractivity contribution in [2.45, 2.75) is 32.2 Å². The summed E-state index contributed by atoms with van der Waals surface area (Å²) in [6.45, 7) is 6.40. The second-order valence-electron chi connectivity index (χ2n) is 5.23. The molecule has 1 N–H and O–H groups in total. The number of aliphatic hydroxyl groups excluding tert-OH is 1. The maximum atomic E-state index is 10.2. The molecule has 1 aliphatic heterocycles. The van der Waals surface area contributed by atoms with Crippen LogP contribution in [-0.4, -0.2) is 41.8 Å². The molecule has 0 amide bonds. The Morgan fingerprint density at radius 2 is 1.89 bits per heavy atom. The first-order chi connectivity index (χ1) is 9.08. The van der Waals surface area contributed by atoms with Crippen molar-refractivity contribution in [3.63, 3.8) is 0 Å². The molecule has 1 heterocycles. The highest BCUT2D eigenvalue weighted by Crippen LogP contribution is 2.18. The van der Waals surface area contributed by atoms with Crippen LogP contribution in [-0.2, 0) is 4.74 Å². The first kappa shape index (κ1) is 14.0. The molecule has 1 aliphatic rings. The topological polar surface area (TPSA) is 56.5 Å². The van der Waals surface area contributed by atoms with E-state index in [1.54, 1.807) is 12.1 Å². The number of hydrogen-bond donors (Lipinski definition) is 1. The molecule has 0 spiro atoms. The number of nitriles is 1. The third-order valence-electron chi connectivity index (χ3n) is 3.35. The number of morpholine rings is 1. The molecular weight excluding hydrogens is 240 g/mol. The van der Waals surface area contributed by atoms with Crippen LogP contribution in [0.25, 0.3) is 0 Å². The quantitative estimate of drug-likeness (QED) is 0.898. The lowest BCUT2D eigenvalue weighted by molar-refractivity contribution is -0.0767. The van der Waals surface area contributed by atoms with Crippen molar-refractivity contribution in [2.75, 3.05) is 19.6 Å². The van der Waals surface area contributed by atoms with E-state index in [1.807, 2.05) is 12.1 Å². The molecule has 0 aliphatic carbocycles. The Hall–Kier alpha value is -1.41. The van der Waals surface area contributed by atoms with Crippen LogP contribution in [0, 0.1) is 11.3 Å². The average Bonchev–Trinajstić information content (AvgIpc) is 2.37. The van der Waals surface area contributed by atoms with Gasteiger partial charge in [-0.2, -0.15) is 5.26 Å². The smallest absolute Gasteiger partial charge is 0.0991 e. The highest BCUT2D eigenvalue weighted by Gasteiger charge is 2.24. The van der Waals surface area contributed by atoms with Crippen molar-refractivity contribution in [3.05, 3.63) is 35.4 Å². The van der Waals surface area contributed by atoms with Crippen LogP contribution in [0.4, 0.5) is 0 Å². The lowest BCUT2D eigenvalue weighted by atomic mass is 10.1. The number of rotatable bonds is 3. The maximum Gasteiger partial charge on any atom is 0.0991 e. The molecule has 3 atom stereocenters. The van der Waals surface area contributed by atoms with Gasteiger partial charge < -0.3 is 9.84 Å². The van der Waals surface area contributed by atoms with Gasteiger partial charge in [-0.3, -0.25) is 4.90 Å². The summed E-state index contributed by atoms with van der Waals surface area (Å²) in [5.41, 5.74) is 1.47. The third kappa shape index (κ3) is 3.77. The normalized spacial score (nSPS) is 25.8. The Balaban J connectivity index is 1.96. The zero-order valence-electron chi connectivity index (χ0n) is 11.4. The number of β-amino-alcohol motifs (C(OH)–C–C–N with tert-alkyl or cyclic N) is 1. The van der Waals surface area contributed by atoms with E-state index in [-0.39, 0.29) is 12.2 Å². The summed E-state index contributed by atoms with van der Waals surface area (Å²) in [6, 6.07) is 9.19. The Morgan fingerprint density at radius 1 is 1.32 bits per heavy atom. The van der Waals surface area contributed by atoms with Gasteiger partial charge in [0.2, 0.25) is 0 Å². The van der Waals surface area contributed by atoms with Gasteiger partial charge in [0.05, 0.1) is 29.9 Å². The van der Waals surface area contributed by atoms with Crippen molar-refractivity contribution in [3.8, 4) is 6.07 Å². The molecule has 19 heavy (non-hydrogen) atoms. The predicted octanol–water partition coefficient (Wildman–Crippen LogP) is 1.70. The number of benzene rings is 1. The van der Waals surface area contributed by atoms with Gasteiger partial charge in [0.15, 0.2) is 0 Å². The highest BCUT2D eigenvalue weighted by molar-refractivity contribution is 5.32. The molecule has 1 aromatic rings. The molecule has 1 aromatic carbocycles. The SMILES string of the molecule is C[C@@H]1CN(CC(O)c2ccc(C#N)cc2)C[C@H](C)O1. The standard InChI is InChI=1S/C15H20N2O2/c1-11-8-17(9-12(2)19-11)10-15(18)14-5-3-13(7-16)4-6-14/h3-6,11-12,15,18H,8-10H2,1-2H3/t11-,12+,15?. The molecule has 0 saturated carbocycles. The van der Waals surface area contributed by atoms with Crippen LogP contribution < -0.4 is 0 Å². The minimum Gasteiger partial charge on any atom is -0.387 e. The second-order valence-corrected chi connectivity index (χ2v) is 5.23. The number of aliphatic hydroxyl groups is 1. The minimum absolute atomic E-state index is 0.205. The van der Waals surface area contributed by atoms with Crippen LogP contribution in [0.15, 0.2) is 24.3 Å². The van der Waals surface area contributed by atoms with Crippen LogP contribution in [0.2, 0.25) is 0 Å². The zero-order chi connectivity index (χ0) is 13.8. The molecule has 0 radical (unpaired) electrons. The summed E-state index contributed by atoms with van der Waals surface area (Å²) in [6.07, 6.45) is -0.112.